The monoisotopic (exact) mass is 269 g/mol. The second-order valence-corrected chi connectivity index (χ2v) is 5.26. The van der Waals surface area contributed by atoms with Crippen LogP contribution in [0.4, 0.5) is 11.4 Å². The predicted molar refractivity (Wildman–Crippen MR) is 81.2 cm³/mol. The molecule has 19 heavy (non-hydrogen) atoms. The van der Waals surface area contributed by atoms with E-state index >= 15 is 0 Å². The van der Waals surface area contributed by atoms with Crippen molar-refractivity contribution in [3.63, 3.8) is 0 Å². The molecule has 0 aromatic carbocycles. The van der Waals surface area contributed by atoms with E-state index in [4.69, 9.17) is 0 Å². The van der Waals surface area contributed by atoms with E-state index in [-0.39, 0.29) is 0 Å². The normalized spacial score (nSPS) is 10.8. The fourth-order valence-electron chi connectivity index (χ4n) is 2.21. The number of hydrogen-bond donors (Lipinski definition) is 0. The van der Waals surface area contributed by atoms with Gasteiger partial charge in [-0.25, -0.2) is 0 Å². The van der Waals surface area contributed by atoms with Crippen LogP contribution in [0.2, 0.25) is 0 Å². The molecule has 0 amide bonds. The Balaban J connectivity index is 2.10. The van der Waals surface area contributed by atoms with Crippen LogP contribution in [0.1, 0.15) is 13.3 Å². The molecular weight excluding hydrogens is 254 g/mol. The van der Waals surface area contributed by atoms with Gasteiger partial charge in [0.1, 0.15) is 0 Å². The van der Waals surface area contributed by atoms with Gasteiger partial charge in [-0.1, -0.05) is 6.92 Å². The molecule has 0 fully saturated rings. The van der Waals surface area contributed by atoms with Crippen molar-refractivity contribution >= 4 is 32.8 Å². The van der Waals surface area contributed by atoms with Crippen LogP contribution in [0, 0.1) is 0 Å². The smallest absolute Gasteiger partial charge is 0.0600 e. The van der Waals surface area contributed by atoms with Crippen molar-refractivity contribution in [1.29, 1.82) is 0 Å². The van der Waals surface area contributed by atoms with Crippen LogP contribution in [0.3, 0.4) is 0 Å². The SMILES string of the molecule is CCCN(c1ccncc1)c1csc2cnccc12. The Hall–Kier alpha value is -1.94. The van der Waals surface area contributed by atoms with Crippen molar-refractivity contribution in [2.45, 2.75) is 13.3 Å². The molecule has 0 radical (unpaired) electrons. The molecule has 3 heterocycles. The average Bonchev–Trinajstić information content (AvgIpc) is 2.89. The Labute approximate surface area is 116 Å². The standard InChI is InChI=1S/C15H15N3S/c1-2-9-18(12-3-6-16-7-4-12)14-11-19-15-10-17-8-5-13(14)15/h3-8,10-11H,2,9H2,1H3. The number of pyridine rings is 2. The van der Waals surface area contributed by atoms with Crippen molar-refractivity contribution in [2.75, 3.05) is 11.4 Å². The molecule has 4 heteroatoms. The van der Waals surface area contributed by atoms with Crippen molar-refractivity contribution in [3.8, 4) is 0 Å². The summed E-state index contributed by atoms with van der Waals surface area (Å²) in [6, 6.07) is 6.20. The quantitative estimate of drug-likeness (QED) is 0.709. The average molecular weight is 269 g/mol. The first kappa shape index (κ1) is 12.1. The highest BCUT2D eigenvalue weighted by Crippen LogP contribution is 2.36. The van der Waals surface area contributed by atoms with Crippen LogP contribution in [0.5, 0.6) is 0 Å². The predicted octanol–water partition coefficient (Wildman–Crippen LogP) is 4.24. The van der Waals surface area contributed by atoms with Crippen LogP contribution in [0.15, 0.2) is 48.4 Å². The Morgan fingerprint density at radius 3 is 2.68 bits per heavy atom. The summed E-state index contributed by atoms with van der Waals surface area (Å²) in [6.45, 7) is 3.20. The molecule has 0 spiro atoms. The van der Waals surface area contributed by atoms with E-state index < -0.39 is 0 Å². The van der Waals surface area contributed by atoms with Crippen molar-refractivity contribution < 1.29 is 0 Å². The molecule has 0 saturated heterocycles. The van der Waals surface area contributed by atoms with Crippen LogP contribution in [-0.4, -0.2) is 16.5 Å². The second-order valence-electron chi connectivity index (χ2n) is 4.35. The lowest BCUT2D eigenvalue weighted by Gasteiger charge is -2.23. The van der Waals surface area contributed by atoms with Gasteiger partial charge >= 0.3 is 0 Å². The minimum absolute atomic E-state index is 0.998. The van der Waals surface area contributed by atoms with Crippen LogP contribution in [-0.2, 0) is 0 Å². The molecule has 0 aliphatic carbocycles. The lowest BCUT2D eigenvalue weighted by molar-refractivity contribution is 0.888. The Morgan fingerprint density at radius 1 is 1.11 bits per heavy atom. The number of thiophene rings is 1. The largest absolute Gasteiger partial charge is 0.340 e. The van der Waals surface area contributed by atoms with Gasteiger partial charge in [0.2, 0.25) is 0 Å². The molecule has 0 aliphatic rings. The molecular formula is C15H15N3S. The van der Waals surface area contributed by atoms with Gasteiger partial charge in [0.25, 0.3) is 0 Å². The highest BCUT2D eigenvalue weighted by Gasteiger charge is 2.13. The zero-order valence-electron chi connectivity index (χ0n) is 10.8. The number of anilines is 2. The van der Waals surface area contributed by atoms with Gasteiger partial charge in [-0.15, -0.1) is 11.3 Å². The van der Waals surface area contributed by atoms with E-state index in [0.29, 0.717) is 0 Å². The number of rotatable bonds is 4. The Morgan fingerprint density at radius 2 is 1.89 bits per heavy atom. The highest BCUT2D eigenvalue weighted by atomic mass is 32.1. The van der Waals surface area contributed by atoms with Crippen molar-refractivity contribution in [1.82, 2.24) is 9.97 Å². The zero-order chi connectivity index (χ0) is 13.1. The fourth-order valence-corrected chi connectivity index (χ4v) is 3.13. The topological polar surface area (TPSA) is 29.0 Å². The summed E-state index contributed by atoms with van der Waals surface area (Å²) in [4.78, 5) is 10.6. The van der Waals surface area contributed by atoms with E-state index in [1.54, 1.807) is 11.3 Å². The molecule has 0 saturated carbocycles. The first-order valence-corrected chi connectivity index (χ1v) is 7.27. The van der Waals surface area contributed by atoms with Gasteiger partial charge in [0.15, 0.2) is 0 Å². The highest BCUT2D eigenvalue weighted by molar-refractivity contribution is 7.17. The summed E-state index contributed by atoms with van der Waals surface area (Å²) in [5.74, 6) is 0. The molecule has 3 rings (SSSR count). The molecule has 0 unspecified atom stereocenters. The Bertz CT molecular complexity index is 663. The lowest BCUT2D eigenvalue weighted by Crippen LogP contribution is -2.17. The van der Waals surface area contributed by atoms with Crippen LogP contribution < -0.4 is 4.90 Å². The van der Waals surface area contributed by atoms with Crippen LogP contribution in [0.25, 0.3) is 10.1 Å². The van der Waals surface area contributed by atoms with Crippen molar-refractivity contribution in [2.24, 2.45) is 0 Å². The third-order valence-electron chi connectivity index (χ3n) is 3.07. The molecule has 0 aliphatic heterocycles. The molecule has 3 nitrogen and oxygen atoms in total. The van der Waals surface area contributed by atoms with Crippen LogP contribution >= 0.6 is 11.3 Å². The van der Waals surface area contributed by atoms with E-state index in [9.17, 15) is 0 Å². The van der Waals surface area contributed by atoms with Gasteiger partial charge in [0.05, 0.1) is 10.4 Å². The van der Waals surface area contributed by atoms with E-state index in [0.717, 1.165) is 13.0 Å². The second kappa shape index (κ2) is 5.36. The van der Waals surface area contributed by atoms with E-state index in [1.165, 1.54) is 21.5 Å². The third-order valence-corrected chi connectivity index (χ3v) is 3.99. The molecule has 3 aromatic rings. The maximum Gasteiger partial charge on any atom is 0.0600 e. The van der Waals surface area contributed by atoms with Gasteiger partial charge in [-0.3, -0.25) is 9.97 Å². The third kappa shape index (κ3) is 2.31. The van der Waals surface area contributed by atoms with Gasteiger partial charge in [-0.2, -0.15) is 0 Å². The number of hydrogen-bond acceptors (Lipinski definition) is 4. The number of fused-ring (bicyclic) bond motifs is 1. The molecule has 0 bridgehead atoms. The first-order chi connectivity index (χ1) is 9.40. The Kier molecular flexibility index (Phi) is 3.42. The maximum atomic E-state index is 4.19. The van der Waals surface area contributed by atoms with Gasteiger partial charge in [0, 0.05) is 47.8 Å². The number of nitrogens with zero attached hydrogens (tertiary/aromatic N) is 3. The van der Waals surface area contributed by atoms with E-state index in [1.807, 2.05) is 24.8 Å². The van der Waals surface area contributed by atoms with Gasteiger partial charge < -0.3 is 4.90 Å². The van der Waals surface area contributed by atoms with E-state index in [2.05, 4.69) is 45.4 Å². The van der Waals surface area contributed by atoms with Crippen molar-refractivity contribution in [3.05, 3.63) is 48.4 Å². The minimum Gasteiger partial charge on any atom is -0.340 e. The summed E-state index contributed by atoms with van der Waals surface area (Å²) in [6.07, 6.45) is 8.57. The summed E-state index contributed by atoms with van der Waals surface area (Å²) < 4.78 is 1.23. The lowest BCUT2D eigenvalue weighted by atomic mass is 10.2. The molecule has 96 valence electrons. The summed E-state index contributed by atoms with van der Waals surface area (Å²) in [5, 5.41) is 3.48. The number of aromatic nitrogens is 2. The molecule has 0 N–H and O–H groups in total. The summed E-state index contributed by atoms with van der Waals surface area (Å²) >= 11 is 1.74. The fraction of sp³-hybridized carbons (Fsp3) is 0.200. The molecule has 0 atom stereocenters. The zero-order valence-corrected chi connectivity index (χ0v) is 11.6. The van der Waals surface area contributed by atoms with Gasteiger partial charge in [-0.05, 0) is 24.6 Å². The summed E-state index contributed by atoms with van der Waals surface area (Å²) in [7, 11) is 0. The first-order valence-electron chi connectivity index (χ1n) is 6.39. The summed E-state index contributed by atoms with van der Waals surface area (Å²) in [5.41, 5.74) is 2.45. The maximum absolute atomic E-state index is 4.19. The minimum atomic E-state index is 0.998. The molecule has 3 aromatic heterocycles.